The van der Waals surface area contributed by atoms with Gasteiger partial charge in [-0.3, -0.25) is 4.79 Å². The maximum Gasteiger partial charge on any atom is 0.235 e. The van der Waals surface area contributed by atoms with Crippen LogP contribution in [-0.4, -0.2) is 30.2 Å². The van der Waals surface area contributed by atoms with Crippen LogP contribution in [0.5, 0.6) is 5.75 Å². The summed E-state index contributed by atoms with van der Waals surface area (Å²) in [5.41, 5.74) is 2.73. The fraction of sp³-hybridized carbons (Fsp3) is 0.238. The number of sulfone groups is 1. The fourth-order valence-electron chi connectivity index (χ4n) is 2.87. The number of carbonyl (C=O) groups is 1. The third-order valence-electron chi connectivity index (χ3n) is 4.38. The smallest absolute Gasteiger partial charge is 0.235 e. The zero-order valence-corrected chi connectivity index (χ0v) is 17.0. The number of nitrogens with one attached hydrogen (secondary N) is 1. The number of phenolic OH excluding ortho intramolecular Hbond substituents is 1. The largest absolute Gasteiger partial charge is 0.508 e. The highest BCUT2D eigenvalue weighted by Gasteiger charge is 2.22. The molecule has 3 aromatic rings. The number of oxazole rings is 1. The monoisotopic (exact) mass is 414 g/mol. The number of phenols is 1. The average molecular weight is 414 g/mol. The number of aromatic hydroxyl groups is 1. The van der Waals surface area contributed by atoms with E-state index in [0.717, 1.165) is 11.1 Å². The number of rotatable bonds is 7. The molecule has 1 aromatic heterocycles. The van der Waals surface area contributed by atoms with Crippen molar-refractivity contribution < 1.29 is 22.7 Å². The van der Waals surface area contributed by atoms with Gasteiger partial charge in [-0.15, -0.1) is 0 Å². The molecule has 152 valence electrons. The maximum absolute atomic E-state index is 12.5. The molecule has 1 heterocycles. The third kappa shape index (κ3) is 5.45. The minimum absolute atomic E-state index is 0.0790. The van der Waals surface area contributed by atoms with Gasteiger partial charge in [0.25, 0.3) is 0 Å². The van der Waals surface area contributed by atoms with E-state index < -0.39 is 21.5 Å². The van der Waals surface area contributed by atoms with Crippen molar-refractivity contribution in [3.05, 3.63) is 71.1 Å². The molecular formula is C21H22N2O5S. The van der Waals surface area contributed by atoms with E-state index in [1.165, 1.54) is 12.1 Å². The van der Waals surface area contributed by atoms with Crippen LogP contribution in [0, 0.1) is 13.8 Å². The van der Waals surface area contributed by atoms with Crippen LogP contribution in [-0.2, 0) is 26.9 Å². The third-order valence-corrected chi connectivity index (χ3v) is 5.79. The standard InChI is InChI=1S/C21H22N2O5S/c1-14-6-3-4-9-18(14)21-23-19(15(2)28-21)12-29(26,27)13-20(25)22-11-16-7-5-8-17(24)10-16/h3-10,24H,11-13H2,1-2H3,(H,22,25). The Morgan fingerprint density at radius 2 is 1.90 bits per heavy atom. The van der Waals surface area contributed by atoms with E-state index in [1.807, 2.05) is 31.2 Å². The summed E-state index contributed by atoms with van der Waals surface area (Å²) in [5.74, 6) is -0.805. The number of hydrogen-bond donors (Lipinski definition) is 2. The summed E-state index contributed by atoms with van der Waals surface area (Å²) >= 11 is 0. The molecule has 1 amide bonds. The van der Waals surface area contributed by atoms with Crippen molar-refractivity contribution in [1.29, 1.82) is 0 Å². The molecule has 2 aromatic carbocycles. The Bertz CT molecular complexity index is 1140. The molecule has 0 aliphatic carbocycles. The van der Waals surface area contributed by atoms with E-state index in [4.69, 9.17) is 4.42 Å². The van der Waals surface area contributed by atoms with Gasteiger partial charge in [-0.2, -0.15) is 0 Å². The summed E-state index contributed by atoms with van der Waals surface area (Å²) in [4.78, 5) is 16.4. The average Bonchev–Trinajstić information content (AvgIpc) is 2.99. The van der Waals surface area contributed by atoms with Crippen LogP contribution in [0.1, 0.15) is 22.6 Å². The zero-order valence-electron chi connectivity index (χ0n) is 16.2. The number of aromatic nitrogens is 1. The summed E-state index contributed by atoms with van der Waals surface area (Å²) < 4.78 is 30.6. The van der Waals surface area contributed by atoms with Crippen molar-refractivity contribution in [2.45, 2.75) is 26.1 Å². The molecule has 8 heteroatoms. The van der Waals surface area contributed by atoms with Crippen molar-refractivity contribution in [1.82, 2.24) is 10.3 Å². The van der Waals surface area contributed by atoms with E-state index in [2.05, 4.69) is 10.3 Å². The predicted octanol–water partition coefficient (Wildman–Crippen LogP) is 2.90. The van der Waals surface area contributed by atoms with Gasteiger partial charge in [0, 0.05) is 12.1 Å². The number of nitrogens with zero attached hydrogens (tertiary/aromatic N) is 1. The van der Waals surface area contributed by atoms with Crippen LogP contribution in [0.15, 0.2) is 52.9 Å². The quantitative estimate of drug-likeness (QED) is 0.615. The van der Waals surface area contributed by atoms with Gasteiger partial charge in [0.15, 0.2) is 9.84 Å². The molecule has 7 nitrogen and oxygen atoms in total. The number of aryl methyl sites for hydroxylation is 2. The SMILES string of the molecule is Cc1ccccc1-c1nc(CS(=O)(=O)CC(=O)NCc2cccc(O)c2)c(C)o1. The lowest BCUT2D eigenvalue weighted by atomic mass is 10.1. The summed E-state index contributed by atoms with van der Waals surface area (Å²) in [5, 5.41) is 12.0. The molecule has 0 bridgehead atoms. The Morgan fingerprint density at radius 3 is 2.62 bits per heavy atom. The van der Waals surface area contributed by atoms with Crippen LogP contribution in [0.25, 0.3) is 11.5 Å². The zero-order chi connectivity index (χ0) is 21.0. The molecule has 0 spiro atoms. The predicted molar refractivity (Wildman–Crippen MR) is 109 cm³/mol. The highest BCUT2D eigenvalue weighted by atomic mass is 32.2. The van der Waals surface area contributed by atoms with Crippen molar-refractivity contribution in [3.63, 3.8) is 0 Å². The van der Waals surface area contributed by atoms with Gasteiger partial charge < -0.3 is 14.8 Å². The lowest BCUT2D eigenvalue weighted by Crippen LogP contribution is -2.30. The molecule has 0 saturated heterocycles. The van der Waals surface area contributed by atoms with Crippen molar-refractivity contribution in [2.24, 2.45) is 0 Å². The minimum atomic E-state index is -3.73. The minimum Gasteiger partial charge on any atom is -0.508 e. The Balaban J connectivity index is 1.65. The van der Waals surface area contributed by atoms with Gasteiger partial charge in [0.1, 0.15) is 17.3 Å². The molecule has 0 unspecified atom stereocenters. The van der Waals surface area contributed by atoms with Crippen LogP contribution >= 0.6 is 0 Å². The van der Waals surface area contributed by atoms with Crippen molar-refractivity contribution in [2.75, 3.05) is 5.75 Å². The number of hydrogen-bond acceptors (Lipinski definition) is 6. The summed E-state index contributed by atoms with van der Waals surface area (Å²) in [6, 6.07) is 13.9. The van der Waals surface area contributed by atoms with Crippen LogP contribution in [0.4, 0.5) is 0 Å². The Morgan fingerprint density at radius 1 is 1.14 bits per heavy atom. The first-order valence-corrected chi connectivity index (χ1v) is 10.8. The Hall–Kier alpha value is -3.13. The number of carbonyl (C=O) groups excluding carboxylic acids is 1. The molecule has 0 atom stereocenters. The number of amides is 1. The van der Waals surface area contributed by atoms with Crippen molar-refractivity contribution in [3.8, 4) is 17.2 Å². The highest BCUT2D eigenvalue weighted by molar-refractivity contribution is 7.91. The summed E-state index contributed by atoms with van der Waals surface area (Å²) in [6.45, 7) is 3.70. The summed E-state index contributed by atoms with van der Waals surface area (Å²) in [7, 11) is -3.73. The number of benzene rings is 2. The van der Waals surface area contributed by atoms with E-state index in [1.54, 1.807) is 19.1 Å². The van der Waals surface area contributed by atoms with Gasteiger partial charge in [-0.25, -0.2) is 13.4 Å². The lowest BCUT2D eigenvalue weighted by molar-refractivity contribution is -0.118. The van der Waals surface area contributed by atoms with Gasteiger partial charge in [-0.05, 0) is 43.2 Å². The molecule has 29 heavy (non-hydrogen) atoms. The maximum atomic E-state index is 12.5. The molecule has 2 N–H and O–H groups in total. The van der Waals surface area contributed by atoms with E-state index >= 15 is 0 Å². The van der Waals surface area contributed by atoms with Gasteiger partial charge in [0.2, 0.25) is 11.8 Å². The van der Waals surface area contributed by atoms with E-state index in [9.17, 15) is 18.3 Å². The molecule has 0 aliphatic heterocycles. The van der Waals surface area contributed by atoms with Gasteiger partial charge in [-0.1, -0.05) is 30.3 Å². The van der Waals surface area contributed by atoms with Gasteiger partial charge in [0.05, 0.1) is 11.4 Å². The van der Waals surface area contributed by atoms with Crippen molar-refractivity contribution >= 4 is 15.7 Å². The van der Waals surface area contributed by atoms with Crippen LogP contribution in [0.3, 0.4) is 0 Å². The van der Waals surface area contributed by atoms with Crippen LogP contribution in [0.2, 0.25) is 0 Å². The summed E-state index contributed by atoms with van der Waals surface area (Å²) in [6.07, 6.45) is 0. The highest BCUT2D eigenvalue weighted by Crippen LogP contribution is 2.25. The van der Waals surface area contributed by atoms with E-state index in [-0.39, 0.29) is 18.0 Å². The molecule has 0 fully saturated rings. The second-order valence-electron chi connectivity index (χ2n) is 6.82. The Kier molecular flexibility index (Phi) is 6.03. The van der Waals surface area contributed by atoms with Gasteiger partial charge >= 0.3 is 0 Å². The van der Waals surface area contributed by atoms with E-state index in [0.29, 0.717) is 22.9 Å². The first kappa shape index (κ1) is 20.6. The topological polar surface area (TPSA) is 110 Å². The molecular weight excluding hydrogens is 392 g/mol. The first-order chi connectivity index (χ1) is 13.7. The fourth-order valence-corrected chi connectivity index (χ4v) is 4.16. The lowest BCUT2D eigenvalue weighted by Gasteiger charge is -2.06. The normalized spacial score (nSPS) is 11.4. The molecule has 0 saturated carbocycles. The second-order valence-corrected chi connectivity index (χ2v) is 8.88. The molecule has 0 aliphatic rings. The molecule has 0 radical (unpaired) electrons. The first-order valence-electron chi connectivity index (χ1n) is 9.01. The van der Waals surface area contributed by atoms with Crippen LogP contribution < -0.4 is 5.32 Å². The molecule has 3 rings (SSSR count). The Labute approximate surface area is 169 Å². The second kappa shape index (κ2) is 8.48.